The molecular formula is C15H16N2O3. The molecule has 0 fully saturated rings. The summed E-state index contributed by atoms with van der Waals surface area (Å²) >= 11 is 0. The average molecular weight is 272 g/mol. The van der Waals surface area contributed by atoms with Gasteiger partial charge < -0.3 is 10.4 Å². The van der Waals surface area contributed by atoms with Crippen molar-refractivity contribution in [1.29, 1.82) is 0 Å². The van der Waals surface area contributed by atoms with E-state index in [4.69, 9.17) is 0 Å². The summed E-state index contributed by atoms with van der Waals surface area (Å²) in [5.41, 5.74) is 2.57. The first-order valence-electron chi connectivity index (χ1n) is 6.29. The Labute approximate surface area is 117 Å². The molecule has 0 saturated heterocycles. The van der Waals surface area contributed by atoms with Gasteiger partial charge in [-0.25, -0.2) is 0 Å². The van der Waals surface area contributed by atoms with Crippen LogP contribution in [0, 0.1) is 17.0 Å². The molecule has 5 heteroatoms. The smallest absolute Gasteiger partial charge is 0.269 e. The van der Waals surface area contributed by atoms with Gasteiger partial charge in [0, 0.05) is 30.8 Å². The standard InChI is InChI=1S/C15H16N2O3/c1-11-4-2-6-13(15(11)18)10-16-9-12-5-3-7-14(8-12)17(19)20/h2-8,16,18H,9-10H2,1H3. The van der Waals surface area contributed by atoms with Crippen LogP contribution in [0.1, 0.15) is 16.7 Å². The van der Waals surface area contributed by atoms with Crippen LogP contribution in [0.3, 0.4) is 0 Å². The fourth-order valence-electron chi connectivity index (χ4n) is 1.98. The van der Waals surface area contributed by atoms with Crippen molar-refractivity contribution in [2.45, 2.75) is 20.0 Å². The Hall–Kier alpha value is -2.40. The molecule has 0 aromatic heterocycles. The summed E-state index contributed by atoms with van der Waals surface area (Å²) < 4.78 is 0. The zero-order chi connectivity index (χ0) is 14.5. The third kappa shape index (κ3) is 3.33. The summed E-state index contributed by atoms with van der Waals surface area (Å²) in [6.07, 6.45) is 0. The van der Waals surface area contributed by atoms with Crippen LogP contribution in [0.4, 0.5) is 5.69 Å². The van der Waals surface area contributed by atoms with Gasteiger partial charge in [0.25, 0.3) is 5.69 Å². The predicted molar refractivity (Wildman–Crippen MR) is 76.5 cm³/mol. The first kappa shape index (κ1) is 14.0. The molecule has 0 bridgehead atoms. The summed E-state index contributed by atoms with van der Waals surface area (Å²) in [7, 11) is 0. The van der Waals surface area contributed by atoms with Crippen molar-refractivity contribution in [2.75, 3.05) is 0 Å². The highest BCUT2D eigenvalue weighted by molar-refractivity contribution is 5.39. The van der Waals surface area contributed by atoms with Gasteiger partial charge in [-0.1, -0.05) is 30.3 Å². The van der Waals surface area contributed by atoms with E-state index in [-0.39, 0.29) is 5.69 Å². The molecule has 20 heavy (non-hydrogen) atoms. The molecule has 0 saturated carbocycles. The fourth-order valence-corrected chi connectivity index (χ4v) is 1.98. The molecule has 2 rings (SSSR count). The second-order valence-corrected chi connectivity index (χ2v) is 4.61. The van der Waals surface area contributed by atoms with Gasteiger partial charge in [-0.3, -0.25) is 10.1 Å². The van der Waals surface area contributed by atoms with E-state index in [2.05, 4.69) is 5.32 Å². The minimum Gasteiger partial charge on any atom is -0.507 e. The Balaban J connectivity index is 1.98. The van der Waals surface area contributed by atoms with Crippen LogP contribution >= 0.6 is 0 Å². The lowest BCUT2D eigenvalue weighted by Crippen LogP contribution is -2.13. The molecule has 0 aliphatic rings. The second-order valence-electron chi connectivity index (χ2n) is 4.61. The van der Waals surface area contributed by atoms with E-state index in [9.17, 15) is 15.2 Å². The number of hydrogen-bond acceptors (Lipinski definition) is 4. The lowest BCUT2D eigenvalue weighted by atomic mass is 10.1. The molecule has 0 amide bonds. The van der Waals surface area contributed by atoms with E-state index in [1.54, 1.807) is 12.1 Å². The number of benzene rings is 2. The van der Waals surface area contributed by atoms with Crippen LogP contribution in [-0.4, -0.2) is 10.0 Å². The van der Waals surface area contributed by atoms with Crippen LogP contribution in [0.15, 0.2) is 42.5 Å². The number of aryl methyl sites for hydroxylation is 1. The molecule has 0 aliphatic heterocycles. The number of nitro benzene ring substituents is 1. The van der Waals surface area contributed by atoms with Crippen LogP contribution in [0.25, 0.3) is 0 Å². The largest absolute Gasteiger partial charge is 0.507 e. The van der Waals surface area contributed by atoms with E-state index in [1.165, 1.54) is 6.07 Å². The number of hydrogen-bond donors (Lipinski definition) is 2. The first-order valence-corrected chi connectivity index (χ1v) is 6.29. The third-order valence-corrected chi connectivity index (χ3v) is 3.09. The van der Waals surface area contributed by atoms with Gasteiger partial charge in [-0.05, 0) is 18.1 Å². The molecule has 5 nitrogen and oxygen atoms in total. The third-order valence-electron chi connectivity index (χ3n) is 3.09. The van der Waals surface area contributed by atoms with Gasteiger partial charge in [0.2, 0.25) is 0 Å². The van der Waals surface area contributed by atoms with Crippen molar-refractivity contribution < 1.29 is 10.0 Å². The lowest BCUT2D eigenvalue weighted by Gasteiger charge is -2.08. The number of non-ortho nitro benzene ring substituents is 1. The van der Waals surface area contributed by atoms with Crippen molar-refractivity contribution in [3.8, 4) is 5.75 Å². The van der Waals surface area contributed by atoms with E-state index < -0.39 is 4.92 Å². The van der Waals surface area contributed by atoms with Gasteiger partial charge in [0.05, 0.1) is 4.92 Å². The van der Waals surface area contributed by atoms with Crippen LogP contribution in [-0.2, 0) is 13.1 Å². The number of rotatable bonds is 5. The predicted octanol–water partition coefficient (Wildman–Crippen LogP) is 2.90. The molecule has 2 N–H and O–H groups in total. The minimum absolute atomic E-state index is 0.0858. The number of para-hydroxylation sites is 1. The molecule has 0 radical (unpaired) electrons. The number of aromatic hydroxyl groups is 1. The van der Waals surface area contributed by atoms with Crippen molar-refractivity contribution in [3.63, 3.8) is 0 Å². The van der Waals surface area contributed by atoms with Crippen LogP contribution in [0.2, 0.25) is 0 Å². The van der Waals surface area contributed by atoms with Gasteiger partial charge in [0.1, 0.15) is 5.75 Å². The van der Waals surface area contributed by atoms with E-state index in [1.807, 2.05) is 31.2 Å². The van der Waals surface area contributed by atoms with Gasteiger partial charge in [-0.15, -0.1) is 0 Å². The van der Waals surface area contributed by atoms with Crippen LogP contribution in [0.5, 0.6) is 5.75 Å². The lowest BCUT2D eigenvalue weighted by molar-refractivity contribution is -0.384. The van der Waals surface area contributed by atoms with Crippen molar-refractivity contribution in [3.05, 3.63) is 69.3 Å². The molecule has 0 unspecified atom stereocenters. The Morgan fingerprint density at radius 1 is 1.20 bits per heavy atom. The average Bonchev–Trinajstić information content (AvgIpc) is 2.44. The minimum atomic E-state index is -0.407. The number of phenols is 1. The monoisotopic (exact) mass is 272 g/mol. The van der Waals surface area contributed by atoms with Crippen molar-refractivity contribution in [1.82, 2.24) is 5.32 Å². The molecular weight excluding hydrogens is 256 g/mol. The van der Waals surface area contributed by atoms with Gasteiger partial charge >= 0.3 is 0 Å². The van der Waals surface area contributed by atoms with E-state index >= 15 is 0 Å². The van der Waals surface area contributed by atoms with E-state index in [0.717, 1.165) is 16.7 Å². The van der Waals surface area contributed by atoms with Crippen LogP contribution < -0.4 is 5.32 Å². The molecule has 104 valence electrons. The normalized spacial score (nSPS) is 10.4. The molecule has 0 spiro atoms. The maximum atomic E-state index is 10.7. The Bertz CT molecular complexity index is 626. The zero-order valence-electron chi connectivity index (χ0n) is 11.2. The quantitative estimate of drug-likeness (QED) is 0.648. The number of nitro groups is 1. The molecule has 0 heterocycles. The van der Waals surface area contributed by atoms with Gasteiger partial charge in [-0.2, -0.15) is 0 Å². The second kappa shape index (κ2) is 6.16. The summed E-state index contributed by atoms with van der Waals surface area (Å²) in [4.78, 5) is 10.3. The maximum absolute atomic E-state index is 10.7. The maximum Gasteiger partial charge on any atom is 0.269 e. The SMILES string of the molecule is Cc1cccc(CNCc2cccc([N+](=O)[O-])c2)c1O. The Morgan fingerprint density at radius 3 is 2.70 bits per heavy atom. The Morgan fingerprint density at radius 2 is 1.95 bits per heavy atom. The zero-order valence-corrected chi connectivity index (χ0v) is 11.2. The summed E-state index contributed by atoms with van der Waals surface area (Å²) in [6, 6.07) is 12.1. The first-order chi connectivity index (χ1) is 9.58. The van der Waals surface area contributed by atoms with Gasteiger partial charge in [0.15, 0.2) is 0 Å². The Kier molecular flexibility index (Phi) is 4.32. The summed E-state index contributed by atoms with van der Waals surface area (Å²) in [5.74, 6) is 0.291. The number of nitrogens with zero attached hydrogens (tertiary/aromatic N) is 1. The highest BCUT2D eigenvalue weighted by atomic mass is 16.6. The molecule has 2 aromatic carbocycles. The van der Waals surface area contributed by atoms with E-state index in [0.29, 0.717) is 18.8 Å². The van der Waals surface area contributed by atoms with Crippen molar-refractivity contribution in [2.24, 2.45) is 0 Å². The fraction of sp³-hybridized carbons (Fsp3) is 0.200. The molecule has 0 aliphatic carbocycles. The van der Waals surface area contributed by atoms with Crippen molar-refractivity contribution >= 4 is 5.69 Å². The highest BCUT2D eigenvalue weighted by Gasteiger charge is 2.06. The summed E-state index contributed by atoms with van der Waals surface area (Å²) in [5, 5.41) is 23.7. The molecule has 2 aromatic rings. The summed E-state index contributed by atoms with van der Waals surface area (Å²) in [6.45, 7) is 2.87. The number of phenolic OH excluding ortho intramolecular Hbond substituents is 1. The topological polar surface area (TPSA) is 75.4 Å². The number of nitrogens with one attached hydrogen (secondary N) is 1. The highest BCUT2D eigenvalue weighted by Crippen LogP contribution is 2.21. The molecule has 0 atom stereocenters.